The highest BCUT2D eigenvalue weighted by Crippen LogP contribution is 2.29. The van der Waals surface area contributed by atoms with E-state index in [2.05, 4.69) is 20.2 Å². The van der Waals surface area contributed by atoms with Gasteiger partial charge in [0.05, 0.1) is 30.6 Å². The van der Waals surface area contributed by atoms with Gasteiger partial charge in [-0.1, -0.05) is 11.3 Å². The molecule has 2 aromatic heterocycles. The number of likely N-dealkylation sites (tertiary alicyclic amines) is 2. The Kier molecular flexibility index (Phi) is 7.94. The van der Waals surface area contributed by atoms with Gasteiger partial charge < -0.3 is 15.0 Å². The van der Waals surface area contributed by atoms with Crippen LogP contribution in [0.2, 0.25) is 0 Å². The lowest BCUT2D eigenvalue weighted by Gasteiger charge is -2.42. The van der Waals surface area contributed by atoms with Crippen LogP contribution in [0.15, 0.2) is 24.5 Å². The Hall–Kier alpha value is -2.10. The highest BCUT2D eigenvalue weighted by molar-refractivity contribution is 7.17. The van der Waals surface area contributed by atoms with E-state index in [1.165, 1.54) is 49.5 Å². The zero-order valence-electron chi connectivity index (χ0n) is 20.5. The average molecular weight is 502 g/mol. The molecule has 4 heterocycles. The van der Waals surface area contributed by atoms with Crippen LogP contribution in [0.5, 0.6) is 0 Å². The predicted octanol–water partition coefficient (Wildman–Crippen LogP) is 4.74. The van der Waals surface area contributed by atoms with Crippen molar-refractivity contribution in [2.24, 2.45) is 5.92 Å². The van der Waals surface area contributed by atoms with Crippen LogP contribution in [0, 0.1) is 11.7 Å². The van der Waals surface area contributed by atoms with E-state index in [1.54, 1.807) is 18.5 Å². The van der Waals surface area contributed by atoms with Crippen molar-refractivity contribution < 1.29 is 13.9 Å². The van der Waals surface area contributed by atoms with Gasteiger partial charge in [-0.25, -0.2) is 9.37 Å². The molecule has 5 rings (SSSR count). The highest BCUT2D eigenvalue weighted by atomic mass is 32.1. The molecule has 0 bridgehead atoms. The van der Waals surface area contributed by atoms with Crippen molar-refractivity contribution >= 4 is 22.4 Å². The maximum atomic E-state index is 14.0. The summed E-state index contributed by atoms with van der Waals surface area (Å²) in [5.41, 5.74) is 0.340. The Bertz CT molecular complexity index is 992. The molecule has 1 saturated carbocycles. The fourth-order valence-corrected chi connectivity index (χ4v) is 6.25. The normalized spacial score (nSPS) is 23.1. The minimum Gasteiger partial charge on any atom is -0.378 e. The fraction of sp³-hybridized carbons (Fsp3) is 0.654. The molecule has 35 heavy (non-hydrogen) atoms. The number of nitrogens with zero attached hydrogens (tertiary/aromatic N) is 4. The van der Waals surface area contributed by atoms with Crippen molar-refractivity contribution in [3.8, 4) is 0 Å². The van der Waals surface area contributed by atoms with E-state index >= 15 is 0 Å². The standard InChI is InChI=1S/C26H36FN5O2S/c1-18(24-22(27)8-3-11-28-24)30-26-29-15-23(35-26)25(33)31-13-9-20(10-14-31)32-12-4-5-19(16-32)17-34-21-6-2-7-21/h3,8,11,15,18-21H,2,4-7,9-10,12-14,16-17H2,1H3,(H,29,30)/t18-,19?/m0/s1. The van der Waals surface area contributed by atoms with E-state index in [9.17, 15) is 9.18 Å². The second-order valence-corrected chi connectivity index (χ2v) is 11.2. The molecular formula is C26H36FN5O2S. The predicted molar refractivity (Wildman–Crippen MR) is 135 cm³/mol. The van der Waals surface area contributed by atoms with Gasteiger partial charge >= 0.3 is 0 Å². The van der Waals surface area contributed by atoms with Crippen LogP contribution in [0.1, 0.15) is 73.3 Å². The first-order chi connectivity index (χ1) is 17.1. The topological polar surface area (TPSA) is 70.6 Å². The molecule has 2 aliphatic heterocycles. The zero-order valence-corrected chi connectivity index (χ0v) is 21.3. The second kappa shape index (κ2) is 11.3. The number of pyridine rings is 1. The molecule has 2 atom stereocenters. The van der Waals surface area contributed by atoms with E-state index < -0.39 is 0 Å². The molecule has 2 saturated heterocycles. The smallest absolute Gasteiger partial charge is 0.265 e. The number of anilines is 1. The van der Waals surface area contributed by atoms with Crippen molar-refractivity contribution in [2.45, 2.75) is 70.1 Å². The average Bonchev–Trinajstić information content (AvgIpc) is 3.31. The zero-order chi connectivity index (χ0) is 24.2. The minimum atomic E-state index is -0.353. The molecule has 1 unspecified atom stereocenters. The minimum absolute atomic E-state index is 0.0380. The molecule has 0 aromatic carbocycles. The summed E-state index contributed by atoms with van der Waals surface area (Å²) in [6, 6.07) is 3.18. The van der Waals surface area contributed by atoms with Crippen molar-refractivity contribution in [1.82, 2.24) is 19.8 Å². The lowest BCUT2D eigenvalue weighted by molar-refractivity contribution is -0.0342. The number of ether oxygens (including phenoxy) is 1. The number of rotatable bonds is 8. The van der Waals surface area contributed by atoms with Crippen LogP contribution in [-0.4, -0.2) is 70.6 Å². The lowest BCUT2D eigenvalue weighted by Crippen LogP contribution is -2.50. The molecule has 0 spiro atoms. The fourth-order valence-electron chi connectivity index (χ4n) is 5.37. The number of thiazole rings is 1. The number of hydrogen-bond acceptors (Lipinski definition) is 7. The van der Waals surface area contributed by atoms with Crippen molar-refractivity contribution in [3.05, 3.63) is 40.9 Å². The van der Waals surface area contributed by atoms with Gasteiger partial charge in [-0.3, -0.25) is 14.7 Å². The molecule has 3 aliphatic rings. The van der Waals surface area contributed by atoms with E-state index in [1.807, 2.05) is 11.8 Å². The van der Waals surface area contributed by atoms with Crippen LogP contribution in [0.4, 0.5) is 9.52 Å². The third-order valence-electron chi connectivity index (χ3n) is 7.69. The van der Waals surface area contributed by atoms with Gasteiger partial charge in [-0.05, 0) is 76.5 Å². The Balaban J connectivity index is 1.09. The van der Waals surface area contributed by atoms with Crippen molar-refractivity contribution in [3.63, 3.8) is 0 Å². The van der Waals surface area contributed by atoms with Gasteiger partial charge in [0.25, 0.3) is 5.91 Å². The first-order valence-electron chi connectivity index (χ1n) is 13.0. The van der Waals surface area contributed by atoms with Crippen LogP contribution in [0.25, 0.3) is 0 Å². The van der Waals surface area contributed by atoms with Gasteiger partial charge in [0.2, 0.25) is 0 Å². The van der Waals surface area contributed by atoms with Gasteiger partial charge in [-0.2, -0.15) is 0 Å². The van der Waals surface area contributed by atoms with Crippen molar-refractivity contribution in [1.29, 1.82) is 0 Å². The number of aromatic nitrogens is 2. The van der Waals surface area contributed by atoms with Crippen molar-refractivity contribution in [2.75, 3.05) is 38.1 Å². The van der Waals surface area contributed by atoms with Gasteiger partial charge in [-0.15, -0.1) is 0 Å². The SMILES string of the molecule is C[C@H](Nc1ncc(C(=O)N2CCC(N3CCCC(COC4CCC4)C3)CC2)s1)c1ncccc1F. The summed E-state index contributed by atoms with van der Waals surface area (Å²) < 4.78 is 20.1. The Labute approximate surface area is 211 Å². The first kappa shape index (κ1) is 24.6. The van der Waals surface area contributed by atoms with E-state index in [0.717, 1.165) is 45.6 Å². The Morgan fingerprint density at radius 3 is 2.77 bits per heavy atom. The second-order valence-electron chi connectivity index (χ2n) is 10.2. The number of piperidine rings is 2. The third-order valence-corrected chi connectivity index (χ3v) is 8.61. The van der Waals surface area contributed by atoms with Gasteiger partial charge in [0.1, 0.15) is 10.7 Å². The number of carbonyl (C=O) groups excluding carboxylic acids is 1. The molecule has 0 radical (unpaired) electrons. The molecule has 9 heteroatoms. The molecule has 190 valence electrons. The highest BCUT2D eigenvalue weighted by Gasteiger charge is 2.31. The molecular weight excluding hydrogens is 465 g/mol. The van der Waals surface area contributed by atoms with Gasteiger partial charge in [0, 0.05) is 31.9 Å². The summed E-state index contributed by atoms with van der Waals surface area (Å²) in [7, 11) is 0. The molecule has 1 amide bonds. The number of amides is 1. The summed E-state index contributed by atoms with van der Waals surface area (Å²) in [6.45, 7) is 6.59. The molecule has 7 nitrogen and oxygen atoms in total. The summed E-state index contributed by atoms with van der Waals surface area (Å²) in [5.74, 6) is 0.333. The molecule has 1 N–H and O–H groups in total. The van der Waals surface area contributed by atoms with E-state index in [4.69, 9.17) is 4.74 Å². The van der Waals surface area contributed by atoms with E-state index in [0.29, 0.717) is 33.8 Å². The summed E-state index contributed by atoms with van der Waals surface area (Å²) in [6.07, 6.45) is 12.1. The number of hydrogen-bond donors (Lipinski definition) is 1. The number of halogens is 1. The van der Waals surface area contributed by atoms with Crippen LogP contribution < -0.4 is 5.32 Å². The largest absolute Gasteiger partial charge is 0.378 e. The van der Waals surface area contributed by atoms with Crippen LogP contribution in [-0.2, 0) is 4.74 Å². The Morgan fingerprint density at radius 2 is 2.03 bits per heavy atom. The summed E-state index contributed by atoms with van der Waals surface area (Å²) in [4.78, 5) is 26.8. The maximum Gasteiger partial charge on any atom is 0.265 e. The number of carbonyl (C=O) groups is 1. The summed E-state index contributed by atoms with van der Waals surface area (Å²) in [5, 5.41) is 3.77. The quantitative estimate of drug-likeness (QED) is 0.564. The maximum absolute atomic E-state index is 14.0. The number of nitrogens with one attached hydrogen (secondary N) is 1. The Morgan fingerprint density at radius 1 is 1.20 bits per heavy atom. The third kappa shape index (κ3) is 6.01. The molecule has 1 aliphatic carbocycles. The summed E-state index contributed by atoms with van der Waals surface area (Å²) >= 11 is 1.32. The van der Waals surface area contributed by atoms with Gasteiger partial charge in [0.15, 0.2) is 5.13 Å². The molecule has 3 fully saturated rings. The first-order valence-corrected chi connectivity index (χ1v) is 13.9. The van der Waals surface area contributed by atoms with Crippen LogP contribution >= 0.6 is 11.3 Å². The monoisotopic (exact) mass is 501 g/mol. The van der Waals surface area contributed by atoms with Crippen LogP contribution in [0.3, 0.4) is 0 Å². The lowest BCUT2D eigenvalue weighted by atomic mass is 9.93. The molecule has 2 aromatic rings. The van der Waals surface area contributed by atoms with E-state index in [-0.39, 0.29) is 17.8 Å².